The van der Waals surface area contributed by atoms with Crippen LogP contribution in [0.5, 0.6) is 0 Å². The predicted octanol–water partition coefficient (Wildman–Crippen LogP) is 2.15. The third-order valence-corrected chi connectivity index (χ3v) is 3.66. The lowest BCUT2D eigenvalue weighted by molar-refractivity contribution is 0.0936. The van der Waals surface area contributed by atoms with Gasteiger partial charge in [-0.05, 0) is 35.7 Å². The molecule has 0 radical (unpaired) electrons. The highest BCUT2D eigenvalue weighted by Gasteiger charge is 2.13. The van der Waals surface area contributed by atoms with Crippen LogP contribution in [-0.4, -0.2) is 16.9 Å². The number of carbonyl (C=O) groups is 1. The number of aromatic nitrogens is 1. The van der Waals surface area contributed by atoms with Gasteiger partial charge in [-0.2, -0.15) is 11.3 Å². The maximum absolute atomic E-state index is 11.8. The van der Waals surface area contributed by atoms with Crippen LogP contribution in [0.25, 0.3) is 0 Å². The number of hydrogen-bond donors (Lipinski definition) is 2. The van der Waals surface area contributed by atoms with E-state index in [4.69, 9.17) is 5.73 Å². The molecule has 6 heteroatoms. The smallest absolute Gasteiger partial charge is 0.271 e. The summed E-state index contributed by atoms with van der Waals surface area (Å²) >= 11 is 2.93. The van der Waals surface area contributed by atoms with Gasteiger partial charge in [0.15, 0.2) is 5.13 Å². The Balaban J connectivity index is 1.90. The molecule has 1 atom stereocenters. The number of nitrogens with two attached hydrogens (primary N) is 1. The van der Waals surface area contributed by atoms with Crippen molar-refractivity contribution in [1.29, 1.82) is 0 Å². The molecule has 2 rings (SSSR count). The monoisotopic (exact) mass is 267 g/mol. The summed E-state index contributed by atoms with van der Waals surface area (Å²) in [5.74, 6) is -0.166. The highest BCUT2D eigenvalue weighted by Crippen LogP contribution is 2.12. The van der Waals surface area contributed by atoms with Crippen molar-refractivity contribution in [2.24, 2.45) is 0 Å². The van der Waals surface area contributed by atoms with E-state index in [0.717, 1.165) is 6.42 Å². The summed E-state index contributed by atoms with van der Waals surface area (Å²) in [6.07, 6.45) is 0.828. The number of rotatable bonds is 4. The minimum atomic E-state index is -0.166. The minimum absolute atomic E-state index is 0.0834. The third kappa shape index (κ3) is 3.28. The zero-order chi connectivity index (χ0) is 12.3. The first-order chi connectivity index (χ1) is 8.15. The lowest BCUT2D eigenvalue weighted by Gasteiger charge is -2.11. The number of carbonyl (C=O) groups excluding carboxylic acids is 1. The Bertz CT molecular complexity index is 493. The summed E-state index contributed by atoms with van der Waals surface area (Å²) in [6, 6.07) is 2.15. The van der Waals surface area contributed by atoms with E-state index in [2.05, 4.69) is 21.7 Å². The summed E-state index contributed by atoms with van der Waals surface area (Å²) in [6.45, 7) is 1.98. The Labute approximate surface area is 107 Å². The van der Waals surface area contributed by atoms with Crippen molar-refractivity contribution in [3.05, 3.63) is 33.5 Å². The van der Waals surface area contributed by atoms with Crippen LogP contribution < -0.4 is 11.1 Å². The van der Waals surface area contributed by atoms with Gasteiger partial charge in [0.25, 0.3) is 5.91 Å². The number of thiazole rings is 1. The van der Waals surface area contributed by atoms with Crippen LogP contribution in [0.4, 0.5) is 5.13 Å². The molecule has 2 aromatic heterocycles. The highest BCUT2D eigenvalue weighted by atomic mass is 32.1. The molecule has 0 bridgehead atoms. The fraction of sp³-hybridized carbons (Fsp3) is 0.273. The first-order valence-electron chi connectivity index (χ1n) is 5.18. The number of nitrogens with zero attached hydrogens (tertiary/aromatic N) is 1. The van der Waals surface area contributed by atoms with E-state index < -0.39 is 0 Å². The molecule has 1 amide bonds. The molecule has 0 aliphatic heterocycles. The maximum atomic E-state index is 11.8. The Kier molecular flexibility index (Phi) is 3.75. The first-order valence-corrected chi connectivity index (χ1v) is 7.00. The molecule has 90 valence electrons. The van der Waals surface area contributed by atoms with E-state index in [-0.39, 0.29) is 11.9 Å². The quantitative estimate of drug-likeness (QED) is 0.892. The van der Waals surface area contributed by atoms with Gasteiger partial charge >= 0.3 is 0 Å². The molecule has 3 N–H and O–H groups in total. The Morgan fingerprint density at radius 3 is 3.00 bits per heavy atom. The normalized spacial score (nSPS) is 12.3. The van der Waals surface area contributed by atoms with E-state index in [1.807, 2.05) is 12.3 Å². The molecule has 0 aliphatic carbocycles. The summed E-state index contributed by atoms with van der Waals surface area (Å²) in [5.41, 5.74) is 7.12. The van der Waals surface area contributed by atoms with Crippen molar-refractivity contribution in [1.82, 2.24) is 10.3 Å². The average Bonchev–Trinajstić information content (AvgIpc) is 2.89. The number of nitrogen functional groups attached to an aromatic ring is 1. The van der Waals surface area contributed by atoms with Crippen molar-refractivity contribution in [3.63, 3.8) is 0 Å². The second-order valence-corrected chi connectivity index (χ2v) is 5.45. The van der Waals surface area contributed by atoms with Crippen LogP contribution in [0.3, 0.4) is 0 Å². The second-order valence-electron chi connectivity index (χ2n) is 3.78. The van der Waals surface area contributed by atoms with Gasteiger partial charge in [0.1, 0.15) is 5.69 Å². The van der Waals surface area contributed by atoms with Gasteiger partial charge in [-0.15, -0.1) is 11.3 Å². The lowest BCUT2D eigenvalue weighted by atomic mass is 10.1. The van der Waals surface area contributed by atoms with Crippen molar-refractivity contribution >= 4 is 33.7 Å². The molecular weight excluding hydrogens is 254 g/mol. The van der Waals surface area contributed by atoms with Crippen LogP contribution in [0, 0.1) is 0 Å². The van der Waals surface area contributed by atoms with E-state index in [1.165, 1.54) is 16.9 Å². The molecule has 0 aliphatic rings. The van der Waals surface area contributed by atoms with Crippen molar-refractivity contribution in [2.45, 2.75) is 19.4 Å². The maximum Gasteiger partial charge on any atom is 0.271 e. The zero-order valence-corrected chi connectivity index (χ0v) is 11.0. The number of anilines is 1. The van der Waals surface area contributed by atoms with Gasteiger partial charge in [0, 0.05) is 11.4 Å². The van der Waals surface area contributed by atoms with Crippen molar-refractivity contribution in [2.75, 3.05) is 5.73 Å². The van der Waals surface area contributed by atoms with Crippen LogP contribution in [0.1, 0.15) is 23.0 Å². The SMILES string of the molecule is CC(Cc1ccsc1)NC(=O)c1csc(N)n1. The van der Waals surface area contributed by atoms with Crippen molar-refractivity contribution < 1.29 is 4.79 Å². The largest absolute Gasteiger partial charge is 0.375 e. The minimum Gasteiger partial charge on any atom is -0.375 e. The molecule has 0 aromatic carbocycles. The fourth-order valence-electron chi connectivity index (χ4n) is 1.50. The number of thiophene rings is 1. The molecule has 0 spiro atoms. The standard InChI is InChI=1S/C11H13N3OS2/c1-7(4-8-2-3-16-5-8)13-10(15)9-6-17-11(12)14-9/h2-3,5-7H,4H2,1H3,(H2,12,14)(H,13,15). The van der Waals surface area contributed by atoms with Crippen LogP contribution >= 0.6 is 22.7 Å². The molecule has 2 heterocycles. The van der Waals surface area contributed by atoms with Crippen molar-refractivity contribution in [3.8, 4) is 0 Å². The van der Waals surface area contributed by atoms with Gasteiger partial charge in [-0.3, -0.25) is 4.79 Å². The number of hydrogen-bond acceptors (Lipinski definition) is 5. The summed E-state index contributed by atoms with van der Waals surface area (Å²) < 4.78 is 0. The second kappa shape index (κ2) is 5.29. The molecule has 17 heavy (non-hydrogen) atoms. The summed E-state index contributed by atoms with van der Waals surface area (Å²) in [4.78, 5) is 15.7. The lowest BCUT2D eigenvalue weighted by Crippen LogP contribution is -2.34. The van der Waals surface area contributed by atoms with Gasteiger partial charge in [0.05, 0.1) is 0 Å². The first kappa shape index (κ1) is 12.1. The molecule has 0 saturated carbocycles. The van der Waals surface area contributed by atoms with E-state index in [0.29, 0.717) is 10.8 Å². The Hall–Kier alpha value is -1.40. The predicted molar refractivity (Wildman–Crippen MR) is 71.5 cm³/mol. The van der Waals surface area contributed by atoms with Gasteiger partial charge in [-0.1, -0.05) is 0 Å². The van der Waals surface area contributed by atoms with Crippen LogP contribution in [-0.2, 0) is 6.42 Å². The van der Waals surface area contributed by atoms with Gasteiger partial charge < -0.3 is 11.1 Å². The van der Waals surface area contributed by atoms with E-state index >= 15 is 0 Å². The third-order valence-electron chi connectivity index (χ3n) is 2.25. The topological polar surface area (TPSA) is 68.0 Å². The van der Waals surface area contributed by atoms with E-state index in [9.17, 15) is 4.79 Å². The summed E-state index contributed by atoms with van der Waals surface area (Å²) in [7, 11) is 0. The summed E-state index contributed by atoms with van der Waals surface area (Å²) in [5, 5.41) is 9.11. The van der Waals surface area contributed by atoms with Crippen LogP contribution in [0.2, 0.25) is 0 Å². The highest BCUT2D eigenvalue weighted by molar-refractivity contribution is 7.13. The molecule has 0 saturated heterocycles. The zero-order valence-electron chi connectivity index (χ0n) is 9.34. The van der Waals surface area contributed by atoms with Gasteiger partial charge in [-0.25, -0.2) is 4.98 Å². The fourth-order valence-corrected chi connectivity index (χ4v) is 2.73. The Morgan fingerprint density at radius 2 is 2.41 bits per heavy atom. The number of nitrogens with one attached hydrogen (secondary N) is 1. The molecule has 2 aromatic rings. The van der Waals surface area contributed by atoms with Gasteiger partial charge in [0.2, 0.25) is 0 Å². The Morgan fingerprint density at radius 1 is 1.59 bits per heavy atom. The number of amides is 1. The molecule has 4 nitrogen and oxygen atoms in total. The molecule has 0 fully saturated rings. The molecular formula is C11H13N3OS2. The average molecular weight is 267 g/mol. The van der Waals surface area contributed by atoms with Crippen LogP contribution in [0.15, 0.2) is 22.2 Å². The molecule has 1 unspecified atom stereocenters. The van der Waals surface area contributed by atoms with E-state index in [1.54, 1.807) is 16.7 Å².